The van der Waals surface area contributed by atoms with E-state index in [1.54, 1.807) is 6.92 Å². The number of carboxylic acids is 1. The molecule has 0 aliphatic heterocycles. The number of carbonyl (C=O) groups is 2. The fourth-order valence-corrected chi connectivity index (χ4v) is 1.50. The molecule has 15 heavy (non-hydrogen) atoms. The third kappa shape index (κ3) is 3.67. The van der Waals surface area contributed by atoms with Gasteiger partial charge in [-0.15, -0.1) is 0 Å². The molecule has 1 aromatic heterocycles. The van der Waals surface area contributed by atoms with Crippen molar-refractivity contribution in [2.24, 2.45) is 0 Å². The second kappa shape index (κ2) is 5.45. The van der Waals surface area contributed by atoms with Gasteiger partial charge in [0.1, 0.15) is 0 Å². The first-order valence-corrected chi connectivity index (χ1v) is 5.23. The van der Waals surface area contributed by atoms with Gasteiger partial charge in [-0.1, -0.05) is 11.8 Å². The van der Waals surface area contributed by atoms with Gasteiger partial charge in [0, 0.05) is 0 Å². The van der Waals surface area contributed by atoms with Crippen LogP contribution in [0.25, 0.3) is 0 Å². The normalized spacial score (nSPS) is 9.93. The monoisotopic (exact) mass is 230 g/mol. The molecule has 0 spiro atoms. The predicted octanol–water partition coefficient (Wildman–Crippen LogP) is 1.63. The van der Waals surface area contributed by atoms with Crippen molar-refractivity contribution in [3.05, 3.63) is 17.9 Å². The van der Waals surface area contributed by atoms with Crippen molar-refractivity contribution >= 4 is 23.7 Å². The van der Waals surface area contributed by atoms with E-state index in [0.29, 0.717) is 11.7 Å². The molecule has 1 rings (SSSR count). The van der Waals surface area contributed by atoms with Gasteiger partial charge in [0.25, 0.3) is 0 Å². The summed E-state index contributed by atoms with van der Waals surface area (Å²) in [6, 6.07) is 2.85. The molecule has 1 aromatic rings. The Balaban J connectivity index is 2.44. The van der Waals surface area contributed by atoms with Crippen LogP contribution in [0.1, 0.15) is 17.5 Å². The summed E-state index contributed by atoms with van der Waals surface area (Å²) in [4.78, 5) is 21.4. The van der Waals surface area contributed by atoms with Gasteiger partial charge >= 0.3 is 11.9 Å². The van der Waals surface area contributed by atoms with Crippen LogP contribution in [0, 0.1) is 0 Å². The molecule has 0 aromatic carbocycles. The molecule has 0 saturated heterocycles. The number of carboxylic acid groups (broad SMARTS) is 1. The minimum Gasteiger partial charge on any atom is -0.475 e. The van der Waals surface area contributed by atoms with E-state index in [-0.39, 0.29) is 17.5 Å². The summed E-state index contributed by atoms with van der Waals surface area (Å²) in [5, 5.41) is 8.95. The average Bonchev–Trinajstić information content (AvgIpc) is 2.63. The summed E-state index contributed by atoms with van der Waals surface area (Å²) in [6.45, 7) is 2.05. The lowest BCUT2D eigenvalue weighted by atomic mass is 10.5. The summed E-state index contributed by atoms with van der Waals surface area (Å²) in [6.07, 6.45) is 0. The quantitative estimate of drug-likeness (QED) is 0.612. The number of esters is 1. The summed E-state index contributed by atoms with van der Waals surface area (Å²) in [7, 11) is 0. The van der Waals surface area contributed by atoms with E-state index in [1.807, 2.05) is 0 Å². The standard InChI is InChI=1S/C9H10O5S/c1-2-13-7(10)5-15-8-4-3-6(14-8)9(11)12/h3-4H,2,5H2,1H3,(H,11,12). The van der Waals surface area contributed by atoms with Crippen LogP contribution >= 0.6 is 11.8 Å². The molecule has 0 radical (unpaired) electrons. The molecular formula is C9H10O5S. The Kier molecular flexibility index (Phi) is 4.23. The number of hydrogen-bond acceptors (Lipinski definition) is 5. The Morgan fingerprint density at radius 2 is 2.27 bits per heavy atom. The first-order chi connectivity index (χ1) is 7.13. The lowest BCUT2D eigenvalue weighted by molar-refractivity contribution is -0.139. The number of carbonyl (C=O) groups excluding carboxylic acids is 1. The van der Waals surface area contributed by atoms with Crippen molar-refractivity contribution in [2.75, 3.05) is 12.4 Å². The zero-order valence-corrected chi connectivity index (χ0v) is 8.87. The highest BCUT2D eigenvalue weighted by Crippen LogP contribution is 2.20. The first kappa shape index (κ1) is 11.6. The molecule has 6 heteroatoms. The Morgan fingerprint density at radius 1 is 1.53 bits per heavy atom. The number of aromatic carboxylic acids is 1. The van der Waals surface area contributed by atoms with Crippen molar-refractivity contribution in [1.82, 2.24) is 0 Å². The van der Waals surface area contributed by atoms with Crippen LogP contribution in [0.15, 0.2) is 21.6 Å². The molecule has 1 N–H and O–H groups in total. The fraction of sp³-hybridized carbons (Fsp3) is 0.333. The van der Waals surface area contributed by atoms with Gasteiger partial charge in [0.15, 0.2) is 5.09 Å². The molecule has 0 saturated carbocycles. The summed E-state index contributed by atoms with van der Waals surface area (Å²) in [5.41, 5.74) is 0. The van der Waals surface area contributed by atoms with Crippen molar-refractivity contribution in [2.45, 2.75) is 12.0 Å². The van der Waals surface area contributed by atoms with Crippen LogP contribution in [0.3, 0.4) is 0 Å². The number of thioether (sulfide) groups is 1. The van der Waals surface area contributed by atoms with Gasteiger partial charge in [-0.05, 0) is 19.1 Å². The summed E-state index contributed by atoms with van der Waals surface area (Å²) in [5.74, 6) is -1.50. The summed E-state index contributed by atoms with van der Waals surface area (Å²) < 4.78 is 9.63. The molecule has 0 fully saturated rings. The van der Waals surface area contributed by atoms with Crippen molar-refractivity contribution < 1.29 is 23.8 Å². The van der Waals surface area contributed by atoms with Crippen LogP contribution in [-0.4, -0.2) is 29.4 Å². The maximum absolute atomic E-state index is 11.0. The van der Waals surface area contributed by atoms with Gasteiger partial charge in [0.2, 0.25) is 5.76 Å². The third-order valence-corrected chi connectivity index (χ3v) is 2.31. The lowest BCUT2D eigenvalue weighted by Crippen LogP contribution is -2.06. The van der Waals surface area contributed by atoms with Gasteiger partial charge in [0.05, 0.1) is 12.4 Å². The topological polar surface area (TPSA) is 76.7 Å². The van der Waals surface area contributed by atoms with E-state index in [9.17, 15) is 9.59 Å². The van der Waals surface area contributed by atoms with E-state index >= 15 is 0 Å². The van der Waals surface area contributed by atoms with E-state index in [2.05, 4.69) is 0 Å². The largest absolute Gasteiger partial charge is 0.475 e. The van der Waals surface area contributed by atoms with Crippen LogP contribution in [0.2, 0.25) is 0 Å². The molecule has 0 aliphatic carbocycles. The zero-order chi connectivity index (χ0) is 11.3. The lowest BCUT2D eigenvalue weighted by Gasteiger charge is -1.98. The second-order valence-electron chi connectivity index (χ2n) is 2.52. The molecule has 0 amide bonds. The van der Waals surface area contributed by atoms with Crippen LogP contribution in [-0.2, 0) is 9.53 Å². The molecule has 0 aliphatic rings. The smallest absolute Gasteiger partial charge is 0.371 e. The molecule has 82 valence electrons. The van der Waals surface area contributed by atoms with Crippen molar-refractivity contribution in [3.8, 4) is 0 Å². The highest BCUT2D eigenvalue weighted by molar-refractivity contribution is 7.99. The Labute approximate surface area is 90.4 Å². The van der Waals surface area contributed by atoms with Gasteiger partial charge in [-0.3, -0.25) is 4.79 Å². The maximum atomic E-state index is 11.0. The number of furan rings is 1. The molecule has 1 heterocycles. The zero-order valence-electron chi connectivity index (χ0n) is 8.06. The van der Waals surface area contributed by atoms with E-state index < -0.39 is 5.97 Å². The highest BCUT2D eigenvalue weighted by Gasteiger charge is 2.10. The summed E-state index contributed by atoms with van der Waals surface area (Å²) >= 11 is 1.10. The van der Waals surface area contributed by atoms with E-state index in [0.717, 1.165) is 11.8 Å². The second-order valence-corrected chi connectivity index (χ2v) is 3.50. The minimum atomic E-state index is -1.13. The number of rotatable bonds is 5. The number of hydrogen-bond donors (Lipinski definition) is 1. The number of ether oxygens (including phenoxy) is 1. The van der Waals surface area contributed by atoms with Gasteiger partial charge < -0.3 is 14.3 Å². The van der Waals surface area contributed by atoms with Crippen LogP contribution in [0.4, 0.5) is 0 Å². The van der Waals surface area contributed by atoms with Crippen LogP contribution in [0.5, 0.6) is 0 Å². The Bertz CT molecular complexity index is 357. The van der Waals surface area contributed by atoms with Crippen molar-refractivity contribution in [1.29, 1.82) is 0 Å². The highest BCUT2D eigenvalue weighted by atomic mass is 32.2. The molecular weight excluding hydrogens is 220 g/mol. The molecule has 0 bridgehead atoms. The SMILES string of the molecule is CCOC(=O)CSc1ccc(C(=O)O)o1. The van der Waals surface area contributed by atoms with Gasteiger partial charge in [-0.2, -0.15) is 0 Å². The van der Waals surface area contributed by atoms with E-state index in [4.69, 9.17) is 14.3 Å². The van der Waals surface area contributed by atoms with Gasteiger partial charge in [-0.25, -0.2) is 4.79 Å². The minimum absolute atomic E-state index is 0.112. The Morgan fingerprint density at radius 3 is 2.80 bits per heavy atom. The van der Waals surface area contributed by atoms with Crippen molar-refractivity contribution in [3.63, 3.8) is 0 Å². The molecule has 0 unspecified atom stereocenters. The van der Waals surface area contributed by atoms with Crippen LogP contribution < -0.4 is 0 Å². The molecule has 5 nitrogen and oxygen atoms in total. The van der Waals surface area contributed by atoms with E-state index in [1.165, 1.54) is 12.1 Å². The maximum Gasteiger partial charge on any atom is 0.371 e. The third-order valence-electron chi connectivity index (χ3n) is 1.43. The average molecular weight is 230 g/mol. The Hall–Kier alpha value is -1.43. The molecule has 0 atom stereocenters. The predicted molar refractivity (Wildman–Crippen MR) is 53.0 cm³/mol. The first-order valence-electron chi connectivity index (χ1n) is 4.25. The fourth-order valence-electron chi connectivity index (χ4n) is 0.845.